The van der Waals surface area contributed by atoms with Crippen LogP contribution in [0.5, 0.6) is 0 Å². The number of nitrogens with one attached hydrogen (secondary N) is 1. The Morgan fingerprint density at radius 1 is 1.23 bits per heavy atom. The zero-order valence-electron chi connectivity index (χ0n) is 17.2. The van der Waals surface area contributed by atoms with Crippen molar-refractivity contribution in [2.75, 3.05) is 26.2 Å². The van der Waals surface area contributed by atoms with E-state index in [4.69, 9.17) is 4.74 Å². The molecule has 2 aromatic carbocycles. The highest BCUT2D eigenvalue weighted by atomic mass is 32.1. The fourth-order valence-electron chi connectivity index (χ4n) is 3.64. The highest BCUT2D eigenvalue weighted by molar-refractivity contribution is 7.13. The number of hydrogen-bond acceptors (Lipinski definition) is 5. The Morgan fingerprint density at radius 2 is 2.10 bits per heavy atom. The van der Waals surface area contributed by atoms with Crippen LogP contribution in [-0.4, -0.2) is 48.1 Å². The third-order valence-corrected chi connectivity index (χ3v) is 6.10. The van der Waals surface area contributed by atoms with E-state index in [-0.39, 0.29) is 12.0 Å². The molecule has 3 aromatic rings. The molecule has 1 saturated heterocycles. The first-order valence-electron chi connectivity index (χ1n) is 10.3. The van der Waals surface area contributed by atoms with E-state index in [1.165, 1.54) is 11.1 Å². The van der Waals surface area contributed by atoms with Gasteiger partial charge in [0.15, 0.2) is 0 Å². The van der Waals surface area contributed by atoms with Gasteiger partial charge in [0, 0.05) is 37.1 Å². The molecule has 1 aromatic heterocycles. The van der Waals surface area contributed by atoms with Gasteiger partial charge in [0.25, 0.3) is 0 Å². The second kappa shape index (κ2) is 9.98. The maximum absolute atomic E-state index is 12.4. The van der Waals surface area contributed by atoms with Crippen LogP contribution in [0.3, 0.4) is 0 Å². The van der Waals surface area contributed by atoms with Crippen LogP contribution < -0.4 is 5.32 Å². The molecule has 0 saturated carbocycles. The molecule has 5 nitrogen and oxygen atoms in total. The zero-order valence-corrected chi connectivity index (χ0v) is 18.0. The topological polar surface area (TPSA) is 54.5 Å². The molecule has 1 aliphatic heterocycles. The predicted octanol–water partition coefficient (Wildman–Crippen LogP) is 3.68. The molecule has 4 rings (SSSR count). The first kappa shape index (κ1) is 20.7. The molecular weight excluding hydrogens is 394 g/mol. The molecule has 0 bridgehead atoms. The van der Waals surface area contributed by atoms with Crippen LogP contribution in [0.25, 0.3) is 10.6 Å². The lowest BCUT2D eigenvalue weighted by Gasteiger charge is -2.33. The van der Waals surface area contributed by atoms with Gasteiger partial charge in [-0.2, -0.15) is 0 Å². The van der Waals surface area contributed by atoms with Crippen LogP contribution in [0, 0.1) is 6.92 Å². The number of amides is 1. The van der Waals surface area contributed by atoms with E-state index in [0.29, 0.717) is 19.6 Å². The average molecular weight is 422 g/mol. The number of carbonyl (C=O) groups excluding carboxylic acids is 1. The standard InChI is InChI=1S/C24H27N3O2S/c1-18-6-5-9-20(12-18)24-26-21(17-30-24)13-23(28)25-14-22-16-27(10-11-29-22)15-19-7-3-2-4-8-19/h2-9,12,17,22H,10-11,13-16H2,1H3,(H,25,28). The van der Waals surface area contributed by atoms with Crippen molar-refractivity contribution in [3.63, 3.8) is 0 Å². The summed E-state index contributed by atoms with van der Waals surface area (Å²) in [4.78, 5) is 19.4. The first-order chi connectivity index (χ1) is 14.7. The minimum Gasteiger partial charge on any atom is -0.374 e. The Bertz CT molecular complexity index is 973. The van der Waals surface area contributed by atoms with Gasteiger partial charge in [0.2, 0.25) is 5.91 Å². The van der Waals surface area contributed by atoms with Crippen molar-refractivity contribution in [1.82, 2.24) is 15.2 Å². The molecule has 1 aliphatic rings. The number of aryl methyl sites for hydroxylation is 1. The Balaban J connectivity index is 1.25. The number of aromatic nitrogens is 1. The molecule has 0 spiro atoms. The SMILES string of the molecule is Cc1cccc(-c2nc(CC(=O)NCC3CN(Cc4ccccc4)CCO3)cs2)c1. The maximum Gasteiger partial charge on any atom is 0.226 e. The van der Waals surface area contributed by atoms with Crippen LogP contribution in [0.2, 0.25) is 0 Å². The maximum atomic E-state index is 12.4. The fourth-order valence-corrected chi connectivity index (χ4v) is 4.46. The lowest BCUT2D eigenvalue weighted by atomic mass is 10.1. The Kier molecular flexibility index (Phi) is 6.89. The molecular formula is C24H27N3O2S. The third kappa shape index (κ3) is 5.75. The summed E-state index contributed by atoms with van der Waals surface area (Å²) >= 11 is 1.58. The molecule has 1 N–H and O–H groups in total. The van der Waals surface area contributed by atoms with Crippen molar-refractivity contribution >= 4 is 17.2 Å². The Morgan fingerprint density at radius 3 is 2.93 bits per heavy atom. The number of nitrogens with zero attached hydrogens (tertiary/aromatic N) is 2. The van der Waals surface area contributed by atoms with Gasteiger partial charge in [-0.1, -0.05) is 54.1 Å². The van der Waals surface area contributed by atoms with E-state index >= 15 is 0 Å². The van der Waals surface area contributed by atoms with E-state index in [1.807, 2.05) is 17.5 Å². The van der Waals surface area contributed by atoms with E-state index in [9.17, 15) is 4.79 Å². The quantitative estimate of drug-likeness (QED) is 0.632. The molecule has 30 heavy (non-hydrogen) atoms. The van der Waals surface area contributed by atoms with Gasteiger partial charge in [-0.15, -0.1) is 11.3 Å². The van der Waals surface area contributed by atoms with Crippen molar-refractivity contribution in [2.24, 2.45) is 0 Å². The van der Waals surface area contributed by atoms with Gasteiger partial charge in [0.1, 0.15) is 5.01 Å². The smallest absolute Gasteiger partial charge is 0.226 e. The molecule has 6 heteroatoms. The number of rotatable bonds is 7. The highest BCUT2D eigenvalue weighted by Crippen LogP contribution is 2.24. The van der Waals surface area contributed by atoms with Crippen LogP contribution >= 0.6 is 11.3 Å². The number of benzene rings is 2. The predicted molar refractivity (Wildman–Crippen MR) is 120 cm³/mol. The van der Waals surface area contributed by atoms with Gasteiger partial charge in [-0.3, -0.25) is 9.69 Å². The molecule has 1 unspecified atom stereocenters. The van der Waals surface area contributed by atoms with Gasteiger partial charge in [0.05, 0.1) is 24.8 Å². The van der Waals surface area contributed by atoms with E-state index in [1.54, 1.807) is 11.3 Å². The van der Waals surface area contributed by atoms with Crippen molar-refractivity contribution in [1.29, 1.82) is 0 Å². The molecule has 0 radical (unpaired) electrons. The fraction of sp³-hybridized carbons (Fsp3) is 0.333. The van der Waals surface area contributed by atoms with Crippen molar-refractivity contribution in [3.05, 3.63) is 76.8 Å². The van der Waals surface area contributed by atoms with Crippen LogP contribution in [0.15, 0.2) is 60.0 Å². The summed E-state index contributed by atoms with van der Waals surface area (Å²) in [7, 11) is 0. The van der Waals surface area contributed by atoms with Crippen molar-refractivity contribution in [2.45, 2.75) is 26.0 Å². The largest absolute Gasteiger partial charge is 0.374 e. The minimum atomic E-state index is -0.0140. The summed E-state index contributed by atoms with van der Waals surface area (Å²) in [5.74, 6) is -0.0140. The molecule has 0 aliphatic carbocycles. The average Bonchev–Trinajstić information content (AvgIpc) is 3.22. The van der Waals surface area contributed by atoms with Gasteiger partial charge in [-0.05, 0) is 18.6 Å². The van der Waals surface area contributed by atoms with E-state index in [0.717, 1.165) is 35.9 Å². The molecule has 1 fully saturated rings. The lowest BCUT2D eigenvalue weighted by Crippen LogP contribution is -2.47. The summed E-state index contributed by atoms with van der Waals surface area (Å²) < 4.78 is 5.85. The number of ether oxygens (including phenoxy) is 1. The number of thiazole rings is 1. The number of morpholine rings is 1. The van der Waals surface area contributed by atoms with Gasteiger partial charge in [-0.25, -0.2) is 4.98 Å². The Hall–Kier alpha value is -2.54. The normalized spacial score (nSPS) is 17.0. The zero-order chi connectivity index (χ0) is 20.8. The first-order valence-corrected chi connectivity index (χ1v) is 11.2. The van der Waals surface area contributed by atoms with Crippen molar-refractivity contribution < 1.29 is 9.53 Å². The summed E-state index contributed by atoms with van der Waals surface area (Å²) in [6.45, 7) is 5.94. The number of hydrogen-bond donors (Lipinski definition) is 1. The number of carbonyl (C=O) groups is 1. The molecule has 2 heterocycles. The molecule has 156 valence electrons. The van der Waals surface area contributed by atoms with E-state index in [2.05, 4.69) is 64.6 Å². The summed E-state index contributed by atoms with van der Waals surface area (Å²) in [6, 6.07) is 18.7. The highest BCUT2D eigenvalue weighted by Gasteiger charge is 2.21. The summed E-state index contributed by atoms with van der Waals surface area (Å²) in [5, 5.41) is 5.94. The Labute approximate surface area is 181 Å². The van der Waals surface area contributed by atoms with E-state index < -0.39 is 0 Å². The van der Waals surface area contributed by atoms with Crippen LogP contribution in [0.1, 0.15) is 16.8 Å². The van der Waals surface area contributed by atoms with Crippen molar-refractivity contribution in [3.8, 4) is 10.6 Å². The third-order valence-electron chi connectivity index (χ3n) is 5.16. The van der Waals surface area contributed by atoms with Gasteiger partial charge < -0.3 is 10.1 Å². The summed E-state index contributed by atoms with van der Waals surface area (Å²) in [6.07, 6.45) is 0.313. The molecule has 1 amide bonds. The second-order valence-corrected chi connectivity index (χ2v) is 8.57. The van der Waals surface area contributed by atoms with Gasteiger partial charge >= 0.3 is 0 Å². The summed E-state index contributed by atoms with van der Waals surface area (Å²) in [5.41, 5.74) is 4.41. The monoisotopic (exact) mass is 421 g/mol. The van der Waals surface area contributed by atoms with Crippen LogP contribution in [-0.2, 0) is 22.5 Å². The minimum absolute atomic E-state index is 0.0140. The second-order valence-electron chi connectivity index (χ2n) is 7.71. The van der Waals surface area contributed by atoms with Crippen LogP contribution in [0.4, 0.5) is 0 Å². The molecule has 1 atom stereocenters. The lowest BCUT2D eigenvalue weighted by molar-refractivity contribution is -0.121.